The third-order valence-corrected chi connectivity index (χ3v) is 5.00. The van der Waals surface area contributed by atoms with Crippen LogP contribution < -0.4 is 11.5 Å². The summed E-state index contributed by atoms with van der Waals surface area (Å²) in [4.78, 5) is 0.568. The van der Waals surface area contributed by atoms with Gasteiger partial charge in [0.2, 0.25) is 4.75 Å². The van der Waals surface area contributed by atoms with E-state index in [0.29, 0.717) is 0 Å². The number of rotatable bonds is 5. The molecule has 0 amide bonds. The molecule has 0 heterocycles. The highest BCUT2D eigenvalue weighted by molar-refractivity contribution is 7.94. The molecular weight excluding hydrogens is 270 g/mol. The Hall–Kier alpha value is -0.350. The lowest BCUT2D eigenvalue weighted by molar-refractivity contribution is 0.296. The Kier molecular flexibility index (Phi) is 4.77. The molecule has 0 fully saturated rings. The average molecular weight is 285 g/mol. The van der Waals surface area contributed by atoms with Gasteiger partial charge in [-0.1, -0.05) is 24.4 Å². The summed E-state index contributed by atoms with van der Waals surface area (Å²) in [7, 11) is -1.45. The van der Waals surface area contributed by atoms with Gasteiger partial charge in [0.1, 0.15) is 9.98 Å². The molecule has 1 atom stereocenters. The molecule has 0 aliphatic carbocycles. The van der Waals surface area contributed by atoms with Crippen LogP contribution in [-0.2, 0) is 10.1 Å². The van der Waals surface area contributed by atoms with Crippen molar-refractivity contribution in [2.24, 2.45) is 11.5 Å². The summed E-state index contributed by atoms with van der Waals surface area (Å²) in [6.45, 7) is 1.51. The summed E-state index contributed by atoms with van der Waals surface area (Å²) in [5.41, 5.74) is 10.8. The third kappa shape index (κ3) is 2.33. The van der Waals surface area contributed by atoms with Crippen LogP contribution in [0.1, 0.15) is 6.92 Å². The third-order valence-electron chi connectivity index (χ3n) is 2.50. The minimum absolute atomic E-state index is 0.469. The minimum Gasteiger partial charge on any atom is -0.392 e. The van der Waals surface area contributed by atoms with Gasteiger partial charge in [-0.2, -0.15) is 8.42 Å². The Morgan fingerprint density at radius 3 is 1.69 bits per heavy atom. The molecule has 6 nitrogen and oxygen atoms in total. The van der Waals surface area contributed by atoms with Crippen LogP contribution >= 0.6 is 24.4 Å². The quantitative estimate of drug-likeness (QED) is 0.442. The fourth-order valence-corrected chi connectivity index (χ4v) is 3.77. The Labute approximate surface area is 106 Å². The Balaban J connectivity index is 6.07. The molecule has 0 aliphatic heterocycles. The summed E-state index contributed by atoms with van der Waals surface area (Å²) in [6, 6.07) is -0.780. The van der Waals surface area contributed by atoms with Gasteiger partial charge in [-0.25, -0.2) is 0 Å². The van der Waals surface area contributed by atoms with Crippen LogP contribution in [0.3, 0.4) is 0 Å². The molecule has 0 aromatic rings. The van der Waals surface area contributed by atoms with E-state index in [4.69, 9.17) is 35.9 Å². The van der Waals surface area contributed by atoms with E-state index in [9.17, 15) is 13.0 Å². The van der Waals surface area contributed by atoms with Crippen LogP contribution in [0.15, 0.2) is 0 Å². The standard InChI is InChI=1S/C7H15N3O3S3/c1-4(10(2)3)7(5(8)14,6(9)15)16(11,12)13/h4H,1-3H3,(H2,8,14)(H2,9,15)(H,11,12,13). The molecule has 0 rings (SSSR count). The van der Waals surface area contributed by atoms with Crippen LogP contribution in [0.25, 0.3) is 0 Å². The largest absolute Gasteiger partial charge is 0.392 e. The SMILES string of the molecule is CC(N(C)C)C(C(N)=S)(C(N)=S)S(=O)(=O)O. The molecule has 0 saturated carbocycles. The number of hydrogen-bond donors (Lipinski definition) is 3. The van der Waals surface area contributed by atoms with Crippen molar-refractivity contribution in [3.8, 4) is 0 Å². The number of nitrogens with zero attached hydrogens (tertiary/aromatic N) is 1. The molecule has 16 heavy (non-hydrogen) atoms. The van der Waals surface area contributed by atoms with Gasteiger partial charge in [-0.3, -0.25) is 4.55 Å². The van der Waals surface area contributed by atoms with Crippen molar-refractivity contribution < 1.29 is 13.0 Å². The maximum Gasteiger partial charge on any atom is 0.285 e. The van der Waals surface area contributed by atoms with Crippen LogP contribution in [0.2, 0.25) is 0 Å². The number of hydrogen-bond acceptors (Lipinski definition) is 5. The monoisotopic (exact) mass is 285 g/mol. The van der Waals surface area contributed by atoms with Gasteiger partial charge in [0.25, 0.3) is 10.1 Å². The predicted octanol–water partition coefficient (Wildman–Crippen LogP) is -0.865. The average Bonchev–Trinajstić information content (AvgIpc) is 1.99. The molecule has 1 unspecified atom stereocenters. The zero-order valence-electron chi connectivity index (χ0n) is 9.17. The first-order chi connectivity index (χ1) is 6.99. The molecule has 5 N–H and O–H groups in total. The second kappa shape index (κ2) is 4.88. The first-order valence-electron chi connectivity index (χ1n) is 4.22. The Morgan fingerprint density at radius 1 is 1.31 bits per heavy atom. The van der Waals surface area contributed by atoms with E-state index < -0.39 is 30.9 Å². The van der Waals surface area contributed by atoms with Crippen molar-refractivity contribution in [2.75, 3.05) is 14.1 Å². The highest BCUT2D eigenvalue weighted by atomic mass is 32.2. The van der Waals surface area contributed by atoms with Gasteiger partial charge in [-0.15, -0.1) is 0 Å². The van der Waals surface area contributed by atoms with Crippen LogP contribution in [0.4, 0.5) is 0 Å². The van der Waals surface area contributed by atoms with Crippen molar-refractivity contribution in [3.05, 3.63) is 0 Å². The zero-order valence-corrected chi connectivity index (χ0v) is 11.6. The highest BCUT2D eigenvalue weighted by Gasteiger charge is 2.54. The molecule has 0 aromatic heterocycles. The Bertz CT molecular complexity index is 390. The van der Waals surface area contributed by atoms with Crippen LogP contribution in [0.5, 0.6) is 0 Å². The molecule has 0 aliphatic rings. The first-order valence-corrected chi connectivity index (χ1v) is 6.48. The van der Waals surface area contributed by atoms with Gasteiger partial charge in [0, 0.05) is 6.04 Å². The van der Waals surface area contributed by atoms with Crippen molar-refractivity contribution in [1.82, 2.24) is 4.90 Å². The van der Waals surface area contributed by atoms with E-state index in [2.05, 4.69) is 0 Å². The maximum atomic E-state index is 11.5. The second-order valence-electron chi connectivity index (χ2n) is 3.58. The fraction of sp³-hybridized carbons (Fsp3) is 0.714. The zero-order chi connectivity index (χ0) is 13.3. The van der Waals surface area contributed by atoms with Crippen molar-refractivity contribution in [1.29, 1.82) is 0 Å². The molecule has 0 spiro atoms. The summed E-state index contributed by atoms with van der Waals surface area (Å²) < 4.78 is 30.1. The van der Waals surface area contributed by atoms with E-state index in [0.717, 1.165) is 0 Å². The van der Waals surface area contributed by atoms with Crippen molar-refractivity contribution >= 4 is 44.5 Å². The van der Waals surface area contributed by atoms with Crippen molar-refractivity contribution in [3.63, 3.8) is 0 Å². The van der Waals surface area contributed by atoms with E-state index in [1.807, 2.05) is 0 Å². The predicted molar refractivity (Wildman–Crippen MR) is 71.0 cm³/mol. The summed E-state index contributed by atoms with van der Waals surface area (Å²) >= 11 is 9.39. The van der Waals surface area contributed by atoms with Gasteiger partial charge < -0.3 is 16.4 Å². The number of nitrogens with two attached hydrogens (primary N) is 2. The highest BCUT2D eigenvalue weighted by Crippen LogP contribution is 2.25. The lowest BCUT2D eigenvalue weighted by Gasteiger charge is -2.37. The van der Waals surface area contributed by atoms with Crippen LogP contribution in [-0.4, -0.2) is 52.7 Å². The molecule has 0 saturated heterocycles. The van der Waals surface area contributed by atoms with E-state index in [1.54, 1.807) is 14.1 Å². The maximum absolute atomic E-state index is 11.5. The molecular formula is C7H15N3O3S3. The first kappa shape index (κ1) is 15.7. The molecule has 0 aromatic carbocycles. The Morgan fingerprint density at radius 2 is 1.62 bits per heavy atom. The lowest BCUT2D eigenvalue weighted by Crippen LogP contribution is -2.67. The summed E-state index contributed by atoms with van der Waals surface area (Å²) in [5.74, 6) is 0. The van der Waals surface area contributed by atoms with Gasteiger partial charge in [0.15, 0.2) is 0 Å². The molecule has 9 heteroatoms. The van der Waals surface area contributed by atoms with Crippen LogP contribution in [0, 0.1) is 0 Å². The summed E-state index contributed by atoms with van der Waals surface area (Å²) in [5, 5.41) is 0. The van der Waals surface area contributed by atoms with Crippen molar-refractivity contribution in [2.45, 2.75) is 17.7 Å². The normalized spacial score (nSPS) is 14.8. The lowest BCUT2D eigenvalue weighted by atomic mass is 9.99. The number of thiocarbonyl (C=S) groups is 2. The van der Waals surface area contributed by atoms with Gasteiger partial charge in [-0.05, 0) is 21.0 Å². The summed E-state index contributed by atoms with van der Waals surface area (Å²) in [6.07, 6.45) is 0. The minimum atomic E-state index is -4.64. The van der Waals surface area contributed by atoms with Gasteiger partial charge >= 0.3 is 0 Å². The smallest absolute Gasteiger partial charge is 0.285 e. The molecule has 94 valence electrons. The topological polar surface area (TPSA) is 110 Å². The van der Waals surface area contributed by atoms with E-state index in [1.165, 1.54) is 11.8 Å². The fourth-order valence-electron chi connectivity index (χ4n) is 1.37. The molecule has 0 radical (unpaired) electrons. The second-order valence-corrected chi connectivity index (χ2v) is 6.05. The molecule has 0 bridgehead atoms. The van der Waals surface area contributed by atoms with E-state index in [-0.39, 0.29) is 0 Å². The van der Waals surface area contributed by atoms with E-state index >= 15 is 0 Å². The van der Waals surface area contributed by atoms with Gasteiger partial charge in [0.05, 0.1) is 0 Å².